The van der Waals surface area contributed by atoms with E-state index in [4.69, 9.17) is 11.6 Å². The van der Waals surface area contributed by atoms with Gasteiger partial charge in [0.05, 0.1) is 11.6 Å². The molecule has 0 unspecified atom stereocenters. The first-order valence-electron chi connectivity index (χ1n) is 6.36. The molecule has 0 spiro atoms. The number of hydrogen-bond acceptors (Lipinski definition) is 2. The van der Waals surface area contributed by atoms with Gasteiger partial charge in [0, 0.05) is 12.5 Å². The Morgan fingerprint density at radius 2 is 2.06 bits per heavy atom. The lowest BCUT2D eigenvalue weighted by atomic mass is 9.83. The molecule has 4 heteroatoms. The largest absolute Gasteiger partial charge is 0.249 e. The van der Waals surface area contributed by atoms with E-state index < -0.39 is 0 Å². The Labute approximate surface area is 101 Å². The van der Waals surface area contributed by atoms with Crippen LogP contribution in [0.25, 0.3) is 0 Å². The van der Waals surface area contributed by atoms with Crippen molar-refractivity contribution in [2.45, 2.75) is 56.9 Å². The van der Waals surface area contributed by atoms with Crippen LogP contribution >= 0.6 is 11.6 Å². The number of halogens is 1. The second kappa shape index (κ2) is 4.36. The molecule has 2 saturated carbocycles. The molecule has 1 aromatic rings. The van der Waals surface area contributed by atoms with Crippen LogP contribution in [0.15, 0.2) is 0 Å². The summed E-state index contributed by atoms with van der Waals surface area (Å²) >= 11 is 5.90. The number of aryl methyl sites for hydroxylation is 1. The average molecular weight is 240 g/mol. The first kappa shape index (κ1) is 10.6. The maximum Gasteiger partial charge on any atom is 0.101 e. The van der Waals surface area contributed by atoms with Crippen molar-refractivity contribution in [3.05, 3.63) is 11.4 Å². The van der Waals surface area contributed by atoms with Crippen LogP contribution in [0.5, 0.6) is 0 Å². The van der Waals surface area contributed by atoms with Crippen LogP contribution in [0, 0.1) is 5.92 Å². The highest BCUT2D eigenvalue weighted by Gasteiger charge is 2.31. The zero-order valence-corrected chi connectivity index (χ0v) is 10.3. The molecule has 1 heterocycles. The molecule has 0 aromatic carbocycles. The van der Waals surface area contributed by atoms with Gasteiger partial charge >= 0.3 is 0 Å². The highest BCUT2D eigenvalue weighted by molar-refractivity contribution is 6.16. The summed E-state index contributed by atoms with van der Waals surface area (Å²) in [5.74, 6) is 2.15. The topological polar surface area (TPSA) is 30.7 Å². The van der Waals surface area contributed by atoms with Crippen molar-refractivity contribution in [2.75, 3.05) is 0 Å². The molecule has 2 aliphatic rings. The molecule has 0 aliphatic heterocycles. The third-order valence-corrected chi connectivity index (χ3v) is 4.16. The molecule has 0 atom stereocenters. The van der Waals surface area contributed by atoms with Crippen molar-refractivity contribution in [1.29, 1.82) is 0 Å². The minimum atomic E-state index is 0.509. The number of aromatic nitrogens is 3. The number of rotatable bonds is 5. The van der Waals surface area contributed by atoms with Gasteiger partial charge in [-0.1, -0.05) is 24.5 Å². The minimum Gasteiger partial charge on any atom is -0.249 e. The van der Waals surface area contributed by atoms with Gasteiger partial charge in [0.1, 0.15) is 5.69 Å². The summed E-state index contributed by atoms with van der Waals surface area (Å²) < 4.78 is 2.12. The highest BCUT2D eigenvalue weighted by Crippen LogP contribution is 2.41. The van der Waals surface area contributed by atoms with E-state index >= 15 is 0 Å². The van der Waals surface area contributed by atoms with Crippen molar-refractivity contribution in [3.63, 3.8) is 0 Å². The first-order chi connectivity index (χ1) is 7.88. The van der Waals surface area contributed by atoms with Crippen molar-refractivity contribution in [2.24, 2.45) is 5.92 Å². The molecular formula is C12H18ClN3. The van der Waals surface area contributed by atoms with E-state index in [1.807, 2.05) is 0 Å². The normalized spacial score (nSPS) is 21.1. The van der Waals surface area contributed by atoms with Crippen LogP contribution in [-0.2, 0) is 12.4 Å². The predicted molar refractivity (Wildman–Crippen MR) is 63.5 cm³/mol. The molecule has 0 amide bonds. The van der Waals surface area contributed by atoms with E-state index in [-0.39, 0.29) is 0 Å². The molecule has 0 saturated heterocycles. The Morgan fingerprint density at radius 3 is 2.62 bits per heavy atom. The fraction of sp³-hybridized carbons (Fsp3) is 0.833. The minimum absolute atomic E-state index is 0.509. The smallest absolute Gasteiger partial charge is 0.101 e. The van der Waals surface area contributed by atoms with Gasteiger partial charge in [-0.25, -0.2) is 4.68 Å². The fourth-order valence-corrected chi connectivity index (χ4v) is 2.70. The zero-order valence-electron chi connectivity index (χ0n) is 9.53. The van der Waals surface area contributed by atoms with Crippen LogP contribution in [0.1, 0.15) is 55.8 Å². The predicted octanol–water partition coefficient (Wildman–Crippen LogP) is 3.08. The van der Waals surface area contributed by atoms with Gasteiger partial charge in [-0.05, 0) is 25.2 Å². The number of nitrogens with zero attached hydrogens (tertiary/aromatic N) is 3. The molecule has 1 aromatic heterocycles. The van der Waals surface area contributed by atoms with Crippen LogP contribution in [0.4, 0.5) is 0 Å². The maximum absolute atomic E-state index is 5.90. The Hall–Kier alpha value is -0.570. The molecule has 88 valence electrons. The summed E-state index contributed by atoms with van der Waals surface area (Å²) in [4.78, 5) is 0. The van der Waals surface area contributed by atoms with Crippen molar-refractivity contribution < 1.29 is 0 Å². The Bertz CT molecular complexity index is 366. The Balaban J connectivity index is 1.69. The quantitative estimate of drug-likeness (QED) is 0.740. The van der Waals surface area contributed by atoms with E-state index in [2.05, 4.69) is 15.0 Å². The third kappa shape index (κ3) is 1.97. The third-order valence-electron chi connectivity index (χ3n) is 3.91. The van der Waals surface area contributed by atoms with Crippen molar-refractivity contribution >= 4 is 11.6 Å². The summed E-state index contributed by atoms with van der Waals surface area (Å²) in [6.45, 7) is 1.04. The number of alkyl halides is 1. The van der Waals surface area contributed by atoms with Crippen LogP contribution < -0.4 is 0 Å². The molecule has 16 heavy (non-hydrogen) atoms. The fourth-order valence-electron chi connectivity index (χ4n) is 2.51. The summed E-state index contributed by atoms with van der Waals surface area (Å²) in [7, 11) is 0. The molecule has 3 nitrogen and oxygen atoms in total. The van der Waals surface area contributed by atoms with Gasteiger partial charge in [0.15, 0.2) is 0 Å². The van der Waals surface area contributed by atoms with Crippen LogP contribution in [0.2, 0.25) is 0 Å². The van der Waals surface area contributed by atoms with Gasteiger partial charge in [0.2, 0.25) is 0 Å². The molecule has 0 bridgehead atoms. The lowest BCUT2D eigenvalue weighted by molar-refractivity contribution is 0.275. The van der Waals surface area contributed by atoms with Gasteiger partial charge in [-0.3, -0.25) is 0 Å². The van der Waals surface area contributed by atoms with Crippen LogP contribution in [0.3, 0.4) is 0 Å². The van der Waals surface area contributed by atoms with E-state index in [1.54, 1.807) is 0 Å². The monoisotopic (exact) mass is 239 g/mol. The SMILES string of the molecule is ClCc1nnn(CCC2CCC2)c1C1CC1. The first-order valence-corrected chi connectivity index (χ1v) is 6.90. The molecule has 3 rings (SSSR count). The van der Waals surface area contributed by atoms with Crippen molar-refractivity contribution in [3.8, 4) is 0 Å². The van der Waals surface area contributed by atoms with Gasteiger partial charge in [0.25, 0.3) is 0 Å². The Morgan fingerprint density at radius 1 is 1.25 bits per heavy atom. The van der Waals surface area contributed by atoms with Gasteiger partial charge in [-0.15, -0.1) is 16.7 Å². The van der Waals surface area contributed by atoms with E-state index in [0.29, 0.717) is 11.8 Å². The maximum atomic E-state index is 5.90. The lowest BCUT2D eigenvalue weighted by Crippen LogP contribution is -2.15. The van der Waals surface area contributed by atoms with Crippen LogP contribution in [-0.4, -0.2) is 15.0 Å². The second-order valence-electron chi connectivity index (χ2n) is 5.14. The molecule has 2 aliphatic carbocycles. The lowest BCUT2D eigenvalue weighted by Gasteiger charge is -2.25. The number of hydrogen-bond donors (Lipinski definition) is 0. The van der Waals surface area contributed by atoms with E-state index in [0.717, 1.165) is 18.2 Å². The van der Waals surface area contributed by atoms with Crippen molar-refractivity contribution in [1.82, 2.24) is 15.0 Å². The summed E-state index contributed by atoms with van der Waals surface area (Å²) in [6, 6.07) is 0. The van der Waals surface area contributed by atoms with Gasteiger partial charge in [-0.2, -0.15) is 0 Å². The van der Waals surface area contributed by atoms with E-state index in [1.165, 1.54) is 44.2 Å². The molecule has 0 radical (unpaired) electrons. The zero-order chi connectivity index (χ0) is 11.0. The molecule has 0 N–H and O–H groups in total. The summed E-state index contributed by atoms with van der Waals surface area (Å²) in [5, 5.41) is 8.46. The average Bonchev–Trinajstić information content (AvgIpc) is 2.98. The second-order valence-corrected chi connectivity index (χ2v) is 5.41. The summed E-state index contributed by atoms with van der Waals surface area (Å²) in [5.41, 5.74) is 2.34. The highest BCUT2D eigenvalue weighted by atomic mass is 35.5. The van der Waals surface area contributed by atoms with E-state index in [9.17, 15) is 0 Å². The summed E-state index contributed by atoms with van der Waals surface area (Å²) in [6.07, 6.45) is 8.10. The Kier molecular flexibility index (Phi) is 2.88. The standard InChI is InChI=1S/C12H18ClN3/c13-8-11-12(10-4-5-10)16(15-14-11)7-6-9-2-1-3-9/h9-10H,1-8H2. The molecule has 2 fully saturated rings. The molecular weight excluding hydrogens is 222 g/mol. The van der Waals surface area contributed by atoms with Gasteiger partial charge < -0.3 is 0 Å².